The van der Waals surface area contributed by atoms with E-state index >= 15 is 0 Å². The largest absolute Gasteiger partial charge is 0.427 e. The van der Waals surface area contributed by atoms with Crippen molar-refractivity contribution in [2.24, 2.45) is 11.8 Å². The minimum atomic E-state index is -0.297. The van der Waals surface area contributed by atoms with Crippen molar-refractivity contribution < 1.29 is 14.3 Å². The van der Waals surface area contributed by atoms with Gasteiger partial charge < -0.3 is 15.0 Å². The summed E-state index contributed by atoms with van der Waals surface area (Å²) in [4.78, 5) is 28.1. The smallest absolute Gasteiger partial charge is 0.308 e. The maximum atomic E-state index is 12.8. The summed E-state index contributed by atoms with van der Waals surface area (Å²) in [5.74, 6) is 1.71. The van der Waals surface area contributed by atoms with Crippen LogP contribution >= 0.6 is 27.3 Å². The Morgan fingerprint density at radius 2 is 2.11 bits per heavy atom. The molecule has 1 amide bonds. The van der Waals surface area contributed by atoms with Gasteiger partial charge >= 0.3 is 5.97 Å². The lowest BCUT2D eigenvalue weighted by Gasteiger charge is -2.53. The number of amides is 1. The number of nitrogens with zero attached hydrogens (tertiary/aromatic N) is 1. The highest BCUT2D eigenvalue weighted by Gasteiger charge is 2.48. The molecule has 1 aromatic carbocycles. The summed E-state index contributed by atoms with van der Waals surface area (Å²) in [7, 11) is 0. The molecule has 1 aliphatic heterocycles. The summed E-state index contributed by atoms with van der Waals surface area (Å²) in [6, 6.07) is 10.2. The Labute approximate surface area is 220 Å². The predicted octanol–water partition coefficient (Wildman–Crippen LogP) is 5.79. The van der Waals surface area contributed by atoms with E-state index in [9.17, 15) is 9.59 Å². The van der Waals surface area contributed by atoms with Gasteiger partial charge in [0, 0.05) is 52.3 Å². The van der Waals surface area contributed by atoms with Gasteiger partial charge in [0.25, 0.3) is 0 Å². The number of thiophene rings is 1. The van der Waals surface area contributed by atoms with E-state index in [0.29, 0.717) is 11.7 Å². The average molecular weight is 558 g/mol. The maximum Gasteiger partial charge on any atom is 0.308 e. The Hall–Kier alpha value is -1.96. The van der Waals surface area contributed by atoms with E-state index in [4.69, 9.17) is 4.74 Å². The molecule has 1 N–H and O–H groups in total. The van der Waals surface area contributed by atoms with Crippen LogP contribution in [0.25, 0.3) is 6.08 Å². The summed E-state index contributed by atoms with van der Waals surface area (Å²) >= 11 is 5.07. The van der Waals surface area contributed by atoms with E-state index in [0.717, 1.165) is 54.0 Å². The van der Waals surface area contributed by atoms with Crippen LogP contribution < -0.4 is 10.1 Å². The zero-order valence-corrected chi connectivity index (χ0v) is 22.6. The standard InChI is InChI=1S/C28H33BrN2O3S/c1-19(32)34-25-4-2-3-21(13-25)28-11-12-31(16-20-5-6-20)17-22(28)7-8-24(15-28)30-27(33)10-9-26-14-23(29)18-35-26/h2-4,9-10,13-14,18,20,22,24H,5-8,11-12,15-17H2,1H3,(H,30,33)/t22-,24-,28+/m1/s1. The highest BCUT2D eigenvalue weighted by Crippen LogP contribution is 2.50. The lowest BCUT2D eigenvalue weighted by atomic mass is 9.58. The fraction of sp³-hybridized carbons (Fsp3) is 0.500. The van der Waals surface area contributed by atoms with Crippen molar-refractivity contribution in [3.8, 4) is 5.75 Å². The van der Waals surface area contributed by atoms with Crippen LogP contribution in [-0.4, -0.2) is 42.5 Å². The Balaban J connectivity index is 1.34. The highest BCUT2D eigenvalue weighted by atomic mass is 79.9. The Morgan fingerprint density at radius 3 is 2.86 bits per heavy atom. The molecular weight excluding hydrogens is 524 g/mol. The first-order valence-corrected chi connectivity index (χ1v) is 14.3. The molecule has 186 valence electrons. The molecule has 5 rings (SSSR count). The van der Waals surface area contributed by atoms with Crippen LogP contribution in [0.4, 0.5) is 0 Å². The molecule has 2 heterocycles. The van der Waals surface area contributed by atoms with Gasteiger partial charge in [-0.15, -0.1) is 11.3 Å². The summed E-state index contributed by atoms with van der Waals surface area (Å²) in [6.07, 6.45) is 10.4. The molecule has 0 bridgehead atoms. The van der Waals surface area contributed by atoms with Crippen molar-refractivity contribution >= 4 is 45.2 Å². The number of carbonyl (C=O) groups excluding carboxylic acids is 2. The molecule has 1 saturated heterocycles. The molecule has 1 aromatic heterocycles. The van der Waals surface area contributed by atoms with Gasteiger partial charge in [-0.3, -0.25) is 9.59 Å². The van der Waals surface area contributed by atoms with Crippen molar-refractivity contribution in [3.05, 3.63) is 56.7 Å². The lowest BCUT2D eigenvalue weighted by molar-refractivity contribution is -0.131. The fourth-order valence-electron chi connectivity index (χ4n) is 6.03. The number of rotatable bonds is 7. The van der Waals surface area contributed by atoms with E-state index in [2.05, 4.69) is 38.3 Å². The number of nitrogens with one attached hydrogen (secondary N) is 1. The van der Waals surface area contributed by atoms with Crippen molar-refractivity contribution in [1.82, 2.24) is 10.2 Å². The number of piperidine rings is 1. The fourth-order valence-corrected chi connectivity index (χ4v) is 7.37. The molecule has 0 spiro atoms. The zero-order chi connectivity index (χ0) is 24.4. The van der Waals surface area contributed by atoms with Gasteiger partial charge in [0.15, 0.2) is 0 Å². The molecule has 0 radical (unpaired) electrons. The number of benzene rings is 1. The summed E-state index contributed by atoms with van der Waals surface area (Å²) in [6.45, 7) is 4.86. The number of esters is 1. The Morgan fingerprint density at radius 1 is 1.26 bits per heavy atom. The molecule has 3 fully saturated rings. The second-order valence-corrected chi connectivity index (χ2v) is 12.3. The third-order valence-corrected chi connectivity index (χ3v) is 9.48. The summed E-state index contributed by atoms with van der Waals surface area (Å²) in [5.41, 5.74) is 1.22. The second-order valence-electron chi connectivity index (χ2n) is 10.4. The number of hydrogen-bond acceptors (Lipinski definition) is 5. The van der Waals surface area contributed by atoms with Crippen molar-refractivity contribution in [2.75, 3.05) is 19.6 Å². The normalized spacial score (nSPS) is 26.9. The third-order valence-electron chi connectivity index (χ3n) is 7.83. The SMILES string of the molecule is CC(=O)Oc1cccc([C@@]23CCN(CC4CC4)C[C@H]2CC[C@@H](NC(=O)C=Cc2cc(Br)cs2)C3)c1. The second kappa shape index (κ2) is 10.6. The van der Waals surface area contributed by atoms with Gasteiger partial charge in [0.05, 0.1) is 0 Å². The molecule has 2 saturated carbocycles. The monoisotopic (exact) mass is 556 g/mol. The van der Waals surface area contributed by atoms with Gasteiger partial charge in [0.1, 0.15) is 5.75 Å². The Kier molecular flexibility index (Phi) is 7.47. The third kappa shape index (κ3) is 6.07. The van der Waals surface area contributed by atoms with Crippen LogP contribution in [0.1, 0.15) is 55.9 Å². The average Bonchev–Trinajstić information content (AvgIpc) is 3.55. The van der Waals surface area contributed by atoms with E-state index in [1.165, 1.54) is 31.9 Å². The van der Waals surface area contributed by atoms with Crippen LogP contribution in [0.3, 0.4) is 0 Å². The summed E-state index contributed by atoms with van der Waals surface area (Å²) < 4.78 is 6.47. The molecule has 3 aliphatic rings. The number of halogens is 1. The molecule has 7 heteroatoms. The minimum absolute atomic E-state index is 0.0191. The first-order valence-electron chi connectivity index (χ1n) is 12.6. The zero-order valence-electron chi connectivity index (χ0n) is 20.2. The van der Waals surface area contributed by atoms with Crippen LogP contribution in [-0.2, 0) is 15.0 Å². The van der Waals surface area contributed by atoms with Crippen molar-refractivity contribution in [2.45, 2.75) is 56.9 Å². The number of ether oxygens (including phenoxy) is 1. The van der Waals surface area contributed by atoms with Gasteiger partial charge in [-0.2, -0.15) is 0 Å². The predicted molar refractivity (Wildman–Crippen MR) is 144 cm³/mol. The van der Waals surface area contributed by atoms with E-state index in [1.54, 1.807) is 17.4 Å². The molecule has 2 aromatic rings. The van der Waals surface area contributed by atoms with Crippen LogP contribution in [0.2, 0.25) is 0 Å². The van der Waals surface area contributed by atoms with Crippen LogP contribution in [0, 0.1) is 11.8 Å². The molecule has 5 nitrogen and oxygen atoms in total. The van der Waals surface area contributed by atoms with Crippen LogP contribution in [0.5, 0.6) is 5.75 Å². The molecule has 2 aliphatic carbocycles. The molecule has 35 heavy (non-hydrogen) atoms. The lowest BCUT2D eigenvalue weighted by Crippen LogP contribution is -2.56. The van der Waals surface area contributed by atoms with Gasteiger partial charge in [-0.25, -0.2) is 0 Å². The first kappa shape index (κ1) is 24.7. The van der Waals surface area contributed by atoms with Gasteiger partial charge in [0.2, 0.25) is 5.91 Å². The van der Waals surface area contributed by atoms with Crippen molar-refractivity contribution in [3.63, 3.8) is 0 Å². The number of likely N-dealkylation sites (tertiary alicyclic amines) is 1. The first-order chi connectivity index (χ1) is 16.9. The quantitative estimate of drug-likeness (QED) is 0.266. The number of fused-ring (bicyclic) bond motifs is 1. The number of hydrogen-bond donors (Lipinski definition) is 1. The molecule has 3 atom stereocenters. The molecule has 0 unspecified atom stereocenters. The van der Waals surface area contributed by atoms with E-state index < -0.39 is 0 Å². The van der Waals surface area contributed by atoms with Gasteiger partial charge in [-0.1, -0.05) is 12.1 Å². The molecular formula is C28H33BrN2O3S. The van der Waals surface area contributed by atoms with E-state index in [-0.39, 0.29) is 23.3 Å². The highest BCUT2D eigenvalue weighted by molar-refractivity contribution is 9.10. The topological polar surface area (TPSA) is 58.6 Å². The number of carbonyl (C=O) groups is 2. The van der Waals surface area contributed by atoms with Gasteiger partial charge in [-0.05, 0) is 103 Å². The Bertz CT molecular complexity index is 1110. The van der Waals surface area contributed by atoms with E-state index in [1.807, 2.05) is 29.7 Å². The summed E-state index contributed by atoms with van der Waals surface area (Å²) in [5, 5.41) is 5.31. The van der Waals surface area contributed by atoms with Crippen molar-refractivity contribution in [1.29, 1.82) is 0 Å². The van der Waals surface area contributed by atoms with Crippen LogP contribution in [0.15, 0.2) is 46.3 Å². The maximum absolute atomic E-state index is 12.8. The minimum Gasteiger partial charge on any atom is -0.427 e.